The molecule has 0 atom stereocenters. The molecule has 3 heterocycles. The number of rotatable bonds is 3. The molecule has 0 spiro atoms. The molecular formula is C17H12N2O4S. The fourth-order valence-corrected chi connectivity index (χ4v) is 3.36. The number of para-hydroxylation sites is 1. The van der Waals surface area contributed by atoms with Crippen LogP contribution >= 0.6 is 11.3 Å². The second kappa shape index (κ2) is 5.61. The maximum atomic E-state index is 12.1. The van der Waals surface area contributed by atoms with Gasteiger partial charge in [-0.25, -0.2) is 9.78 Å². The predicted octanol–water partition coefficient (Wildman–Crippen LogP) is 3.17. The third-order valence-corrected chi connectivity index (χ3v) is 4.55. The quantitative estimate of drug-likeness (QED) is 0.536. The smallest absolute Gasteiger partial charge is 0.374 e. The number of aryl methyl sites for hydroxylation is 1. The molecule has 0 aliphatic rings. The second-order valence-electron chi connectivity index (χ2n) is 5.31. The summed E-state index contributed by atoms with van der Waals surface area (Å²) in [5.41, 5.74) is 1.68. The van der Waals surface area contributed by atoms with Gasteiger partial charge in [-0.15, -0.1) is 11.3 Å². The lowest BCUT2D eigenvalue weighted by atomic mass is 10.2. The lowest BCUT2D eigenvalue weighted by Gasteiger charge is -2.03. The van der Waals surface area contributed by atoms with Crippen molar-refractivity contribution in [3.05, 3.63) is 69.3 Å². The summed E-state index contributed by atoms with van der Waals surface area (Å²) in [4.78, 5) is 29.1. The average molecular weight is 340 g/mol. The molecule has 0 N–H and O–H groups in total. The van der Waals surface area contributed by atoms with Crippen LogP contribution in [0, 0.1) is 6.92 Å². The Morgan fingerprint density at radius 1 is 1.33 bits per heavy atom. The molecule has 0 aliphatic heterocycles. The second-order valence-corrected chi connectivity index (χ2v) is 6.14. The van der Waals surface area contributed by atoms with Crippen molar-refractivity contribution in [1.82, 2.24) is 9.38 Å². The molecule has 0 radical (unpaired) electrons. The Morgan fingerprint density at radius 2 is 2.17 bits per heavy atom. The van der Waals surface area contributed by atoms with Crippen LogP contribution in [-0.4, -0.2) is 15.4 Å². The van der Waals surface area contributed by atoms with Gasteiger partial charge >= 0.3 is 5.97 Å². The fourth-order valence-electron chi connectivity index (χ4n) is 2.47. The molecule has 24 heavy (non-hydrogen) atoms. The van der Waals surface area contributed by atoms with Gasteiger partial charge in [0, 0.05) is 22.5 Å². The monoisotopic (exact) mass is 340 g/mol. The van der Waals surface area contributed by atoms with Crippen LogP contribution in [0.4, 0.5) is 0 Å². The summed E-state index contributed by atoms with van der Waals surface area (Å²) >= 11 is 1.37. The van der Waals surface area contributed by atoms with Crippen LogP contribution in [-0.2, 0) is 11.3 Å². The third-order valence-electron chi connectivity index (χ3n) is 3.61. The number of carbonyl (C=O) groups is 1. The zero-order chi connectivity index (χ0) is 16.7. The van der Waals surface area contributed by atoms with E-state index in [1.54, 1.807) is 12.1 Å². The number of furan rings is 1. The van der Waals surface area contributed by atoms with Crippen molar-refractivity contribution in [1.29, 1.82) is 0 Å². The van der Waals surface area contributed by atoms with Crippen LogP contribution < -0.4 is 5.56 Å². The minimum absolute atomic E-state index is 0.0848. The molecular weight excluding hydrogens is 328 g/mol. The van der Waals surface area contributed by atoms with Crippen molar-refractivity contribution in [2.75, 3.05) is 0 Å². The number of thiazole rings is 1. The minimum atomic E-state index is -0.587. The number of aromatic nitrogens is 2. The van der Waals surface area contributed by atoms with Gasteiger partial charge < -0.3 is 9.15 Å². The highest BCUT2D eigenvalue weighted by Crippen LogP contribution is 2.19. The van der Waals surface area contributed by atoms with Gasteiger partial charge in [0.25, 0.3) is 5.56 Å². The molecule has 3 aromatic heterocycles. The molecule has 1 aromatic carbocycles. The standard InChI is InChI=1S/C17H12N2O4S/c1-10-9-24-17-18-12(7-15(20)19(10)17)8-22-16(21)14-6-11-4-2-3-5-13(11)23-14/h2-7,9H,8H2,1H3. The van der Waals surface area contributed by atoms with Crippen LogP contribution in [0.2, 0.25) is 0 Å². The summed E-state index contributed by atoms with van der Waals surface area (Å²) in [5.74, 6) is -0.462. The average Bonchev–Trinajstić information content (AvgIpc) is 3.16. The first-order valence-corrected chi connectivity index (χ1v) is 8.12. The minimum Gasteiger partial charge on any atom is -0.453 e. The molecule has 120 valence electrons. The Labute approximate surface area is 139 Å². The van der Waals surface area contributed by atoms with E-state index < -0.39 is 5.97 Å². The van der Waals surface area contributed by atoms with E-state index in [1.165, 1.54) is 21.8 Å². The van der Waals surface area contributed by atoms with Gasteiger partial charge in [0.15, 0.2) is 4.96 Å². The number of carbonyl (C=O) groups excluding carboxylic acids is 1. The van der Waals surface area contributed by atoms with Gasteiger partial charge in [-0.1, -0.05) is 18.2 Å². The molecule has 0 aliphatic carbocycles. The fraction of sp³-hybridized carbons (Fsp3) is 0.118. The number of fused-ring (bicyclic) bond motifs is 2. The van der Waals surface area contributed by atoms with Gasteiger partial charge in [-0.2, -0.15) is 0 Å². The van der Waals surface area contributed by atoms with E-state index in [-0.39, 0.29) is 17.9 Å². The van der Waals surface area contributed by atoms with E-state index in [4.69, 9.17) is 9.15 Å². The van der Waals surface area contributed by atoms with Crippen LogP contribution in [0.15, 0.2) is 51.0 Å². The van der Waals surface area contributed by atoms with Crippen molar-refractivity contribution in [2.24, 2.45) is 0 Å². The molecule has 4 rings (SSSR count). The molecule has 0 amide bonds. The zero-order valence-corrected chi connectivity index (χ0v) is 13.5. The van der Waals surface area contributed by atoms with Crippen LogP contribution in [0.5, 0.6) is 0 Å². The molecule has 0 saturated heterocycles. The van der Waals surface area contributed by atoms with E-state index in [0.717, 1.165) is 11.1 Å². The number of ether oxygens (including phenoxy) is 1. The zero-order valence-electron chi connectivity index (χ0n) is 12.7. The van der Waals surface area contributed by atoms with Crippen molar-refractivity contribution < 1.29 is 13.9 Å². The molecule has 6 nitrogen and oxygen atoms in total. The summed E-state index contributed by atoms with van der Waals surface area (Å²) in [5, 5.41) is 2.68. The Morgan fingerprint density at radius 3 is 3.00 bits per heavy atom. The Hall–Kier alpha value is -2.93. The SMILES string of the molecule is Cc1csc2nc(COC(=O)c3cc4ccccc4o3)cc(=O)n12. The normalized spacial score (nSPS) is 11.2. The number of benzene rings is 1. The summed E-state index contributed by atoms with van der Waals surface area (Å²) in [6.45, 7) is 1.76. The highest BCUT2D eigenvalue weighted by atomic mass is 32.1. The first-order chi connectivity index (χ1) is 11.6. The highest BCUT2D eigenvalue weighted by Gasteiger charge is 2.15. The van der Waals surface area contributed by atoms with Crippen molar-refractivity contribution in [2.45, 2.75) is 13.5 Å². The first kappa shape index (κ1) is 14.6. The van der Waals surface area contributed by atoms with Crippen molar-refractivity contribution in [3.63, 3.8) is 0 Å². The summed E-state index contributed by atoms with van der Waals surface area (Å²) in [7, 11) is 0. The van der Waals surface area contributed by atoms with Crippen LogP contribution in [0.3, 0.4) is 0 Å². The summed E-state index contributed by atoms with van der Waals surface area (Å²) in [6, 6.07) is 10.3. The van der Waals surface area contributed by atoms with E-state index in [2.05, 4.69) is 4.98 Å². The van der Waals surface area contributed by atoms with E-state index in [1.807, 2.05) is 30.5 Å². The van der Waals surface area contributed by atoms with Gasteiger partial charge in [0.1, 0.15) is 12.2 Å². The largest absolute Gasteiger partial charge is 0.453 e. The van der Waals surface area contributed by atoms with Gasteiger partial charge in [-0.3, -0.25) is 9.20 Å². The van der Waals surface area contributed by atoms with Gasteiger partial charge in [-0.05, 0) is 19.1 Å². The highest BCUT2D eigenvalue weighted by molar-refractivity contribution is 7.15. The first-order valence-electron chi connectivity index (χ1n) is 7.24. The molecule has 0 fully saturated rings. The van der Waals surface area contributed by atoms with E-state index >= 15 is 0 Å². The maximum Gasteiger partial charge on any atom is 0.374 e. The molecule has 0 saturated carbocycles. The number of hydrogen-bond acceptors (Lipinski definition) is 6. The lowest BCUT2D eigenvalue weighted by molar-refractivity contribution is 0.0434. The van der Waals surface area contributed by atoms with Crippen LogP contribution in [0.25, 0.3) is 15.9 Å². The van der Waals surface area contributed by atoms with E-state index in [0.29, 0.717) is 16.2 Å². The van der Waals surface area contributed by atoms with Crippen LogP contribution in [0.1, 0.15) is 21.9 Å². The lowest BCUT2D eigenvalue weighted by Crippen LogP contribution is -2.16. The topological polar surface area (TPSA) is 73.8 Å². The van der Waals surface area contributed by atoms with Gasteiger partial charge in [0.2, 0.25) is 5.76 Å². The Kier molecular flexibility index (Phi) is 3.42. The molecule has 0 bridgehead atoms. The number of hydrogen-bond donors (Lipinski definition) is 0. The van der Waals surface area contributed by atoms with E-state index in [9.17, 15) is 9.59 Å². The number of esters is 1. The Bertz CT molecular complexity index is 1090. The van der Waals surface area contributed by atoms with Crippen molar-refractivity contribution in [3.8, 4) is 0 Å². The van der Waals surface area contributed by atoms with Crippen molar-refractivity contribution >= 4 is 33.2 Å². The third kappa shape index (κ3) is 2.48. The Balaban J connectivity index is 1.56. The number of nitrogens with zero attached hydrogens (tertiary/aromatic N) is 2. The molecule has 0 unspecified atom stereocenters. The summed E-state index contributed by atoms with van der Waals surface area (Å²) in [6.07, 6.45) is 0. The van der Waals surface area contributed by atoms with Gasteiger partial charge in [0.05, 0.1) is 5.69 Å². The molecule has 4 aromatic rings. The summed E-state index contributed by atoms with van der Waals surface area (Å²) < 4.78 is 12.2. The maximum absolute atomic E-state index is 12.1. The molecule has 7 heteroatoms. The predicted molar refractivity (Wildman–Crippen MR) is 89.4 cm³/mol.